The smallest absolute Gasteiger partial charge is 0.251 e. The second-order valence-corrected chi connectivity index (χ2v) is 22.6. The molecular weight excluding hydrogens is 1460 g/mol. The molecule has 13 nitrogen and oxygen atoms in total. The fraction of sp³-hybridized carbons (Fsp3) is 0.192. The number of aryl methyl sites for hydroxylation is 3. The van der Waals surface area contributed by atoms with Crippen LogP contribution >= 0.6 is 55.3 Å². The van der Waals surface area contributed by atoms with E-state index in [1.807, 2.05) is 190 Å². The zero-order chi connectivity index (χ0) is 74.5. The summed E-state index contributed by atoms with van der Waals surface area (Å²) in [6, 6.07) is 78.6. The van der Waals surface area contributed by atoms with Crippen LogP contribution < -0.4 is 40.6 Å². The van der Waals surface area contributed by atoms with Crippen molar-refractivity contribution in [3.8, 4) is 23.0 Å². The molecule has 0 spiro atoms. The molecule has 0 saturated carbocycles. The third kappa shape index (κ3) is 29.3. The van der Waals surface area contributed by atoms with Gasteiger partial charge >= 0.3 is 0 Å². The standard InChI is InChI=1S/C26H27N3O4.C20H16Cl2.C17H21NO3.C15H16O2.4HPS/c1-18-7-11-21(12-8-18)25(20-5-3-2-4-6-20)29-24(32)16-27-23(31)15-28-26(33)22-13-9-19(17-30)10-14-22;1-15-11-13-17(14-12-15)20(22,16-7-3-2-4-8-16)18-9-5-6-10-19(18)21;1-4-21-13-7-5-12(6-8-13)17(18)15-10-9-14(19-2)11-16(15)20-3;1-12-2-4-14(5-3-12)11-17-15-8-6-13(10-16)7-9-15;4*1-2/h2-14,25,30H,15-17H2,1H3,(H,27,31)(H,28,33)(H,29,32);2-14H,1H3;5-11,17H,4,18H2,1-3H3;2-9,16H,10-11H2,1H3;4*1H. The van der Waals surface area contributed by atoms with Gasteiger partial charge in [0.15, 0.2) is 0 Å². The highest BCUT2D eigenvalue weighted by molar-refractivity contribution is 7.89. The van der Waals surface area contributed by atoms with Gasteiger partial charge in [0, 0.05) is 27.8 Å². The quantitative estimate of drug-likeness (QED) is 0.0213. The summed E-state index contributed by atoms with van der Waals surface area (Å²) in [5, 5.41) is 26.6. The first-order chi connectivity index (χ1) is 49.0. The predicted molar refractivity (Wildman–Crippen MR) is 434 cm³/mol. The molecule has 0 fully saturated rings. The first-order valence-electron chi connectivity index (χ1n) is 31.2. The van der Waals surface area contributed by atoms with E-state index >= 15 is 0 Å². The zero-order valence-corrected chi connectivity index (χ0v) is 65.6. The van der Waals surface area contributed by atoms with Gasteiger partial charge in [0.2, 0.25) is 11.8 Å². The molecule has 0 heterocycles. The number of carbonyl (C=O) groups is 3. The van der Waals surface area contributed by atoms with Crippen molar-refractivity contribution in [1.29, 1.82) is 0 Å². The van der Waals surface area contributed by atoms with Gasteiger partial charge in [-0.2, -0.15) is 0 Å². The lowest BCUT2D eigenvalue weighted by Gasteiger charge is -2.30. The molecule has 3 atom stereocenters. The molecule has 0 aliphatic rings. The van der Waals surface area contributed by atoms with Gasteiger partial charge in [-0.05, 0) is 159 Å². The van der Waals surface area contributed by atoms with Crippen LogP contribution in [0.4, 0.5) is 0 Å². The van der Waals surface area contributed by atoms with Crippen molar-refractivity contribution in [3.05, 3.63) is 332 Å². The molecule has 3 amide bonds. The molecule has 0 bridgehead atoms. The maximum Gasteiger partial charge on any atom is 0.251 e. The molecule has 0 aliphatic heterocycles. The molecule has 7 N–H and O–H groups in total. The van der Waals surface area contributed by atoms with Gasteiger partial charge in [0.1, 0.15) is 34.5 Å². The molecule has 10 rings (SSSR count). The molecule has 0 saturated heterocycles. The van der Waals surface area contributed by atoms with Crippen LogP contribution in [0.3, 0.4) is 0 Å². The number of aliphatic hydroxyl groups excluding tert-OH is 2. The Morgan fingerprint density at radius 2 is 0.931 bits per heavy atom. The number of carbonyl (C=O) groups excluding carboxylic acids is 3. The lowest BCUT2D eigenvalue weighted by atomic mass is 9.84. The van der Waals surface area contributed by atoms with Crippen LogP contribution in [-0.4, -0.2) is 61.9 Å². The highest BCUT2D eigenvalue weighted by atomic mass is 35.5. The number of amides is 3. The maximum atomic E-state index is 12.6. The summed E-state index contributed by atoms with van der Waals surface area (Å²) in [6.45, 7) is 8.80. The number of halogens is 2. The fourth-order valence-electron chi connectivity index (χ4n) is 9.65. The summed E-state index contributed by atoms with van der Waals surface area (Å²) >= 11 is 29.2. The number of nitrogens with one attached hydrogen (secondary N) is 3. The lowest BCUT2D eigenvalue weighted by Crippen LogP contribution is -2.42. The summed E-state index contributed by atoms with van der Waals surface area (Å²) in [4.78, 5) is 36.0. The summed E-state index contributed by atoms with van der Waals surface area (Å²) in [5.41, 5.74) is 19.7. The average Bonchev–Trinajstić information content (AvgIpc) is 0.763. The molecule has 0 aliphatic carbocycles. The number of alkyl halides is 1. The van der Waals surface area contributed by atoms with Gasteiger partial charge in [-0.1, -0.05) is 264 Å². The van der Waals surface area contributed by atoms with Crippen LogP contribution in [-0.2, 0) is 81.5 Å². The van der Waals surface area contributed by atoms with Gasteiger partial charge in [-0.15, -0.1) is 11.6 Å². The molecule has 23 heteroatoms. The van der Waals surface area contributed by atoms with Crippen LogP contribution in [0, 0.1) is 20.8 Å². The van der Waals surface area contributed by atoms with Crippen LogP contribution in [0.1, 0.15) is 102 Å². The van der Waals surface area contributed by atoms with E-state index in [0.717, 1.165) is 78.6 Å². The fourth-order valence-corrected chi connectivity index (χ4v) is 10.4. The van der Waals surface area contributed by atoms with Gasteiger partial charge in [-0.3, -0.25) is 14.4 Å². The molecule has 10 aromatic carbocycles. The van der Waals surface area contributed by atoms with Crippen molar-refractivity contribution >= 4 is 120 Å². The highest BCUT2D eigenvalue weighted by Gasteiger charge is 2.35. The number of ether oxygens (including phenoxy) is 4. The van der Waals surface area contributed by atoms with Crippen molar-refractivity contribution in [3.63, 3.8) is 0 Å². The highest BCUT2D eigenvalue weighted by Crippen LogP contribution is 2.45. The summed E-state index contributed by atoms with van der Waals surface area (Å²) < 4.78 is 21.7. The third-order valence-corrected chi connectivity index (χ3v) is 15.9. The second-order valence-electron chi connectivity index (χ2n) is 21.7. The minimum Gasteiger partial charge on any atom is -0.497 e. The van der Waals surface area contributed by atoms with Crippen molar-refractivity contribution in [1.82, 2.24) is 16.0 Å². The van der Waals surface area contributed by atoms with E-state index in [9.17, 15) is 14.4 Å². The molecular formula is C78H84Cl2N4O9P4S4. The average molecular weight is 1540 g/mol. The Morgan fingerprint density at radius 1 is 0.495 bits per heavy atom. The van der Waals surface area contributed by atoms with Gasteiger partial charge in [0.05, 0.1) is 59.2 Å². The third-order valence-electron chi connectivity index (χ3n) is 14.9. The molecule has 528 valence electrons. The van der Waals surface area contributed by atoms with E-state index in [-0.39, 0.29) is 44.3 Å². The van der Waals surface area contributed by atoms with E-state index < -0.39 is 16.7 Å². The van der Waals surface area contributed by atoms with Gasteiger partial charge in [-0.25, -0.2) is 0 Å². The number of benzene rings is 10. The Balaban J connectivity index is 0.000000347. The minimum atomic E-state index is -0.798. The Hall–Kier alpha value is -7.65. The van der Waals surface area contributed by atoms with Crippen molar-refractivity contribution in [2.75, 3.05) is 33.9 Å². The maximum absolute atomic E-state index is 12.6. The number of nitrogens with two attached hydrogens (primary N) is 1. The SMILES string of the molecule is CCOc1ccc(C(N)c2ccc(OC)cc2OC)cc1.Cc1ccc(C(Cl)(c2ccccc2)c2ccccc2Cl)cc1.Cc1ccc(C(NC(=O)CNC(=O)CNC(=O)c2ccc(CO)cc2)c2ccccc2)cc1.Cc1ccc(COc2ccc(CO)cc2)cc1.P=S.P=S.P=S.P=S. The summed E-state index contributed by atoms with van der Waals surface area (Å²) in [6.07, 6.45) is 0. The Kier molecular flexibility index (Phi) is 43.2. The topological polar surface area (TPSA) is 191 Å². The number of rotatable bonds is 22. The zero-order valence-electron chi connectivity index (χ0n) is 56.8. The van der Waals surface area contributed by atoms with Gasteiger partial charge < -0.3 is 50.8 Å². The van der Waals surface area contributed by atoms with E-state index in [1.165, 1.54) is 11.1 Å². The van der Waals surface area contributed by atoms with Crippen molar-refractivity contribution < 1.29 is 43.5 Å². The first-order valence-corrected chi connectivity index (χ1v) is 38.5. The molecule has 10 aromatic rings. The van der Waals surface area contributed by atoms with Crippen LogP contribution in [0.15, 0.2) is 249 Å². The predicted octanol–water partition coefficient (Wildman–Crippen LogP) is 17.0. The first kappa shape index (κ1) is 87.6. The van der Waals surface area contributed by atoms with Crippen molar-refractivity contribution in [2.45, 2.75) is 64.5 Å². The van der Waals surface area contributed by atoms with Crippen LogP contribution in [0.2, 0.25) is 5.02 Å². The number of hydrogen-bond acceptors (Lipinski definition) is 14. The van der Waals surface area contributed by atoms with E-state index in [2.05, 4.69) is 158 Å². The second kappa shape index (κ2) is 49.8. The Labute approximate surface area is 633 Å². The van der Waals surface area contributed by atoms with E-state index in [1.54, 1.807) is 38.5 Å². The number of methoxy groups -OCH3 is 2. The normalized spacial score (nSPS) is 11.0. The monoisotopic (exact) mass is 1540 g/mol. The number of hydrogen-bond donors (Lipinski definition) is 6. The van der Waals surface area contributed by atoms with Crippen LogP contribution in [0.25, 0.3) is 0 Å². The lowest BCUT2D eigenvalue weighted by molar-refractivity contribution is -0.125. The largest absolute Gasteiger partial charge is 0.497 e. The van der Waals surface area contributed by atoms with Crippen molar-refractivity contribution in [2.24, 2.45) is 5.73 Å². The molecule has 0 radical (unpaired) electrons. The Bertz CT molecular complexity index is 4020. The Morgan fingerprint density at radius 3 is 1.46 bits per heavy atom. The van der Waals surface area contributed by atoms with E-state index in [0.29, 0.717) is 29.4 Å². The van der Waals surface area contributed by atoms with Crippen LogP contribution in [0.5, 0.6) is 23.0 Å². The molecule has 3 unspecified atom stereocenters. The van der Waals surface area contributed by atoms with Gasteiger partial charge in [0.25, 0.3) is 5.91 Å². The molecule has 0 aromatic heterocycles. The van der Waals surface area contributed by atoms with E-state index in [4.69, 9.17) is 58.1 Å². The molecule has 101 heavy (non-hydrogen) atoms. The summed E-state index contributed by atoms with van der Waals surface area (Å²) in [7, 11) is 13.5. The number of aliphatic hydroxyl groups is 2. The minimum absolute atomic E-state index is 0.0677. The summed E-state index contributed by atoms with van der Waals surface area (Å²) in [5.74, 6) is 1.89.